The van der Waals surface area contributed by atoms with Gasteiger partial charge in [0.25, 0.3) is 0 Å². The molecular formula is C21H20O3. The lowest BCUT2D eigenvalue weighted by atomic mass is 9.91. The Morgan fingerprint density at radius 1 is 0.875 bits per heavy atom. The number of rotatable bonds is 4. The number of benzene rings is 3. The minimum Gasteiger partial charge on any atom is -0.493 e. The van der Waals surface area contributed by atoms with Crippen LogP contribution in [-0.2, 0) is 15.3 Å². The van der Waals surface area contributed by atoms with Crippen molar-refractivity contribution in [2.24, 2.45) is 0 Å². The molecule has 0 bridgehead atoms. The third-order valence-corrected chi connectivity index (χ3v) is 4.37. The molecule has 1 aliphatic heterocycles. The maximum absolute atomic E-state index is 6.21. The summed E-state index contributed by atoms with van der Waals surface area (Å²) in [5.74, 6) is -0.117. The number of ether oxygens (including phenoxy) is 3. The molecule has 0 spiro atoms. The average molecular weight is 320 g/mol. The molecule has 3 heteroatoms. The zero-order valence-corrected chi connectivity index (χ0v) is 13.7. The third-order valence-electron chi connectivity index (χ3n) is 4.37. The van der Waals surface area contributed by atoms with Crippen LogP contribution < -0.4 is 4.74 Å². The standard InChI is InChI=1S/C21H20O3/c1-2-22-19-13-12-16-8-6-7-11-18(16)20(19)21(23-14-15-24-21)17-9-4-3-5-10-17/h3-13H,2,14-15H2,1H3. The van der Waals surface area contributed by atoms with E-state index in [-0.39, 0.29) is 0 Å². The van der Waals surface area contributed by atoms with E-state index in [9.17, 15) is 0 Å². The van der Waals surface area contributed by atoms with Gasteiger partial charge in [0.1, 0.15) is 5.75 Å². The van der Waals surface area contributed by atoms with Crippen LogP contribution in [0.2, 0.25) is 0 Å². The van der Waals surface area contributed by atoms with Crippen molar-refractivity contribution in [3.8, 4) is 5.75 Å². The molecule has 1 saturated heterocycles. The SMILES string of the molecule is CCOc1ccc2ccccc2c1C1(c2ccccc2)OCCO1. The number of hydrogen-bond acceptors (Lipinski definition) is 3. The van der Waals surface area contributed by atoms with E-state index in [0.29, 0.717) is 19.8 Å². The van der Waals surface area contributed by atoms with Crippen LogP contribution in [0.15, 0.2) is 66.7 Å². The van der Waals surface area contributed by atoms with Gasteiger partial charge in [0, 0.05) is 5.56 Å². The minimum absolute atomic E-state index is 0.559. The van der Waals surface area contributed by atoms with Crippen molar-refractivity contribution in [1.29, 1.82) is 0 Å². The van der Waals surface area contributed by atoms with Gasteiger partial charge >= 0.3 is 0 Å². The Balaban J connectivity index is 2.03. The van der Waals surface area contributed by atoms with Gasteiger partial charge in [-0.1, -0.05) is 60.7 Å². The van der Waals surface area contributed by atoms with Gasteiger partial charge in [-0.15, -0.1) is 0 Å². The smallest absolute Gasteiger partial charge is 0.226 e. The summed E-state index contributed by atoms with van der Waals surface area (Å²) in [4.78, 5) is 0. The van der Waals surface area contributed by atoms with Gasteiger partial charge < -0.3 is 14.2 Å². The predicted molar refractivity (Wildman–Crippen MR) is 94.2 cm³/mol. The molecule has 3 nitrogen and oxygen atoms in total. The van der Waals surface area contributed by atoms with Gasteiger partial charge in [-0.2, -0.15) is 0 Å². The Morgan fingerprint density at radius 3 is 2.33 bits per heavy atom. The van der Waals surface area contributed by atoms with Crippen LogP contribution in [0, 0.1) is 0 Å². The Kier molecular flexibility index (Phi) is 3.97. The Morgan fingerprint density at radius 2 is 1.58 bits per heavy atom. The molecule has 0 aliphatic carbocycles. The van der Waals surface area contributed by atoms with E-state index < -0.39 is 5.79 Å². The van der Waals surface area contributed by atoms with Gasteiger partial charge in [0.05, 0.1) is 25.4 Å². The first-order valence-electron chi connectivity index (χ1n) is 8.33. The topological polar surface area (TPSA) is 27.7 Å². The lowest BCUT2D eigenvalue weighted by Gasteiger charge is -2.31. The normalized spacial score (nSPS) is 16.4. The molecule has 3 aromatic carbocycles. The lowest BCUT2D eigenvalue weighted by Crippen LogP contribution is -2.29. The highest BCUT2D eigenvalue weighted by Gasteiger charge is 2.44. The molecule has 0 amide bonds. The van der Waals surface area contributed by atoms with E-state index in [1.54, 1.807) is 0 Å². The number of hydrogen-bond donors (Lipinski definition) is 0. The summed E-state index contributed by atoms with van der Waals surface area (Å²) in [5.41, 5.74) is 1.94. The molecule has 3 aromatic rings. The summed E-state index contributed by atoms with van der Waals surface area (Å²) < 4.78 is 18.4. The molecule has 0 N–H and O–H groups in total. The molecule has 0 unspecified atom stereocenters. The van der Waals surface area contributed by atoms with Crippen molar-refractivity contribution >= 4 is 10.8 Å². The summed E-state index contributed by atoms with van der Waals surface area (Å²) >= 11 is 0. The van der Waals surface area contributed by atoms with Crippen molar-refractivity contribution in [1.82, 2.24) is 0 Å². The Labute approximate surface area is 141 Å². The zero-order chi connectivity index (χ0) is 16.4. The van der Waals surface area contributed by atoms with Gasteiger partial charge in [-0.3, -0.25) is 0 Å². The molecule has 1 fully saturated rings. The predicted octanol–water partition coefficient (Wildman–Crippen LogP) is 4.49. The van der Waals surface area contributed by atoms with Gasteiger partial charge in [-0.05, 0) is 23.8 Å². The van der Waals surface area contributed by atoms with Crippen molar-refractivity contribution in [2.45, 2.75) is 12.7 Å². The van der Waals surface area contributed by atoms with Crippen LogP contribution >= 0.6 is 0 Å². The molecule has 0 atom stereocenters. The summed E-state index contributed by atoms with van der Waals surface area (Å²) in [6, 6.07) is 22.5. The van der Waals surface area contributed by atoms with Gasteiger partial charge in [-0.25, -0.2) is 0 Å². The third kappa shape index (κ3) is 2.37. The second kappa shape index (κ2) is 6.27. The first-order chi connectivity index (χ1) is 11.8. The first kappa shape index (κ1) is 15.2. The van der Waals surface area contributed by atoms with Crippen LogP contribution in [0.3, 0.4) is 0 Å². The van der Waals surface area contributed by atoms with Crippen LogP contribution in [0.5, 0.6) is 5.75 Å². The second-order valence-electron chi connectivity index (χ2n) is 5.77. The van der Waals surface area contributed by atoms with E-state index in [4.69, 9.17) is 14.2 Å². The van der Waals surface area contributed by atoms with E-state index in [0.717, 1.165) is 27.6 Å². The largest absolute Gasteiger partial charge is 0.493 e. The van der Waals surface area contributed by atoms with Crippen molar-refractivity contribution in [2.75, 3.05) is 19.8 Å². The molecule has 0 saturated carbocycles. The quantitative estimate of drug-likeness (QED) is 0.709. The molecule has 122 valence electrons. The highest BCUT2D eigenvalue weighted by Crippen LogP contribution is 2.46. The fraction of sp³-hybridized carbons (Fsp3) is 0.238. The second-order valence-corrected chi connectivity index (χ2v) is 5.77. The average Bonchev–Trinajstić information content (AvgIpc) is 3.13. The lowest BCUT2D eigenvalue weighted by molar-refractivity contribution is -0.129. The molecule has 4 rings (SSSR count). The maximum Gasteiger partial charge on any atom is 0.226 e. The molecular weight excluding hydrogens is 300 g/mol. The van der Waals surface area contributed by atoms with Crippen molar-refractivity contribution in [3.63, 3.8) is 0 Å². The molecule has 1 aliphatic rings. The van der Waals surface area contributed by atoms with Gasteiger partial charge in [0.2, 0.25) is 5.79 Å². The zero-order valence-electron chi connectivity index (χ0n) is 13.7. The molecule has 0 radical (unpaired) electrons. The number of fused-ring (bicyclic) bond motifs is 1. The van der Waals surface area contributed by atoms with Crippen molar-refractivity contribution in [3.05, 3.63) is 77.9 Å². The van der Waals surface area contributed by atoms with E-state index >= 15 is 0 Å². The highest BCUT2D eigenvalue weighted by molar-refractivity contribution is 5.89. The van der Waals surface area contributed by atoms with Gasteiger partial charge in [0.15, 0.2) is 0 Å². The summed E-state index contributed by atoms with van der Waals surface area (Å²) in [5, 5.41) is 2.24. The van der Waals surface area contributed by atoms with Crippen molar-refractivity contribution < 1.29 is 14.2 Å². The fourth-order valence-electron chi connectivity index (χ4n) is 3.39. The Bertz CT molecular complexity index is 836. The van der Waals surface area contributed by atoms with Crippen LogP contribution in [0.1, 0.15) is 18.1 Å². The van der Waals surface area contributed by atoms with Crippen LogP contribution in [0.4, 0.5) is 0 Å². The van der Waals surface area contributed by atoms with E-state index in [2.05, 4.69) is 18.2 Å². The summed E-state index contributed by atoms with van der Waals surface area (Å²) in [7, 11) is 0. The monoisotopic (exact) mass is 320 g/mol. The maximum atomic E-state index is 6.21. The van der Waals surface area contributed by atoms with Crippen LogP contribution in [-0.4, -0.2) is 19.8 Å². The van der Waals surface area contributed by atoms with E-state index in [1.165, 1.54) is 0 Å². The Hall–Kier alpha value is -2.36. The fourth-order valence-corrected chi connectivity index (χ4v) is 3.39. The molecule has 0 aromatic heterocycles. The molecule has 24 heavy (non-hydrogen) atoms. The summed E-state index contributed by atoms with van der Waals surface area (Å²) in [6.45, 7) is 3.70. The first-order valence-corrected chi connectivity index (χ1v) is 8.33. The summed E-state index contributed by atoms with van der Waals surface area (Å²) in [6.07, 6.45) is 0. The minimum atomic E-state index is -0.924. The van der Waals surface area contributed by atoms with Crippen LogP contribution in [0.25, 0.3) is 10.8 Å². The highest BCUT2D eigenvalue weighted by atomic mass is 16.7. The molecule has 1 heterocycles. The van der Waals surface area contributed by atoms with E-state index in [1.807, 2.05) is 55.5 Å².